The summed E-state index contributed by atoms with van der Waals surface area (Å²) >= 11 is 11.1. The minimum Gasteiger partial charge on any atom is -0.494 e. The normalized spacial score (nSPS) is 10.1. The number of amides is 2. The van der Waals surface area contributed by atoms with E-state index >= 15 is 0 Å². The van der Waals surface area contributed by atoms with Crippen LogP contribution < -0.4 is 25.4 Å². The average Bonchev–Trinajstić information content (AvgIpc) is 2.72. The molecule has 2 amide bonds. The molecule has 0 radical (unpaired) electrons. The minimum absolute atomic E-state index is 0.0721. The zero-order valence-corrected chi connectivity index (χ0v) is 18.4. The smallest absolute Gasteiger partial charge is 0.264 e. The summed E-state index contributed by atoms with van der Waals surface area (Å²) in [5.41, 5.74) is 1.16. The second-order valence-corrected chi connectivity index (χ2v) is 7.10. The van der Waals surface area contributed by atoms with E-state index in [9.17, 15) is 9.59 Å². The molecule has 0 saturated carbocycles. The third-order valence-corrected chi connectivity index (χ3v) is 4.46. The van der Waals surface area contributed by atoms with E-state index in [2.05, 4.69) is 16.0 Å². The number of anilines is 2. The molecule has 0 aromatic heterocycles. The fraction of sp³-hybridized carbons (Fsp3) is 0.286. The maximum atomic E-state index is 12.0. The summed E-state index contributed by atoms with van der Waals surface area (Å²) in [6.45, 7) is 1.79. The molecule has 0 unspecified atom stereocenters. The Morgan fingerprint density at radius 3 is 2.53 bits per heavy atom. The summed E-state index contributed by atoms with van der Waals surface area (Å²) in [5, 5.41) is 8.77. The number of unbranched alkanes of at least 4 members (excludes halogenated alkanes) is 1. The molecule has 30 heavy (non-hydrogen) atoms. The summed E-state index contributed by atoms with van der Waals surface area (Å²) in [7, 11) is 1.51. The van der Waals surface area contributed by atoms with E-state index in [0.29, 0.717) is 34.3 Å². The van der Waals surface area contributed by atoms with Crippen molar-refractivity contribution in [3.8, 4) is 11.5 Å². The van der Waals surface area contributed by atoms with Gasteiger partial charge in [0, 0.05) is 18.2 Å². The van der Waals surface area contributed by atoms with Gasteiger partial charge >= 0.3 is 0 Å². The van der Waals surface area contributed by atoms with Gasteiger partial charge in [-0.3, -0.25) is 14.9 Å². The van der Waals surface area contributed by atoms with Crippen LogP contribution >= 0.6 is 23.8 Å². The number of thiocarbonyl (C=S) groups is 1. The highest BCUT2D eigenvalue weighted by atomic mass is 35.5. The quantitative estimate of drug-likeness (QED) is 0.492. The third kappa shape index (κ3) is 7.53. The molecule has 2 aromatic rings. The molecule has 0 spiro atoms. The van der Waals surface area contributed by atoms with E-state index in [-0.39, 0.29) is 17.6 Å². The summed E-state index contributed by atoms with van der Waals surface area (Å²) in [6.07, 6.45) is 2.22. The van der Waals surface area contributed by atoms with Crippen LogP contribution in [0, 0.1) is 0 Å². The van der Waals surface area contributed by atoms with Gasteiger partial charge in [-0.25, -0.2) is 0 Å². The first kappa shape index (κ1) is 23.4. The third-order valence-electron chi connectivity index (χ3n) is 3.94. The second-order valence-electron chi connectivity index (χ2n) is 6.29. The molecular formula is C21H24ClN3O4S. The molecule has 0 aliphatic rings. The highest BCUT2D eigenvalue weighted by molar-refractivity contribution is 7.80. The number of hydrogen-bond acceptors (Lipinski definition) is 5. The van der Waals surface area contributed by atoms with Crippen LogP contribution in [0.5, 0.6) is 11.5 Å². The van der Waals surface area contributed by atoms with Crippen molar-refractivity contribution in [3.05, 3.63) is 47.5 Å². The Hall–Kier alpha value is -2.84. The molecule has 0 saturated heterocycles. The van der Waals surface area contributed by atoms with E-state index in [0.717, 1.165) is 12.8 Å². The van der Waals surface area contributed by atoms with Crippen LogP contribution in [-0.2, 0) is 9.59 Å². The van der Waals surface area contributed by atoms with Crippen molar-refractivity contribution in [2.45, 2.75) is 26.2 Å². The Balaban J connectivity index is 1.88. The Morgan fingerprint density at radius 2 is 1.83 bits per heavy atom. The molecule has 160 valence electrons. The molecule has 0 aliphatic carbocycles. The lowest BCUT2D eigenvalue weighted by atomic mass is 10.2. The first-order valence-electron chi connectivity index (χ1n) is 9.39. The van der Waals surface area contributed by atoms with Crippen LogP contribution in [0.15, 0.2) is 42.5 Å². The molecule has 0 fully saturated rings. The molecule has 0 heterocycles. The van der Waals surface area contributed by atoms with Gasteiger partial charge < -0.3 is 20.1 Å². The van der Waals surface area contributed by atoms with Crippen molar-refractivity contribution >= 4 is 52.1 Å². The number of hydrogen-bond donors (Lipinski definition) is 3. The SMILES string of the molecule is CCCCC(=O)Nc1ccc(NC(=S)NC(=O)COc2ccccc2Cl)cc1OC. The van der Waals surface area contributed by atoms with Crippen LogP contribution in [0.2, 0.25) is 5.02 Å². The van der Waals surface area contributed by atoms with Gasteiger partial charge in [-0.15, -0.1) is 0 Å². The van der Waals surface area contributed by atoms with Gasteiger partial charge in [0.05, 0.1) is 17.8 Å². The maximum absolute atomic E-state index is 12.0. The number of methoxy groups -OCH3 is 1. The van der Waals surface area contributed by atoms with Gasteiger partial charge in [-0.1, -0.05) is 37.1 Å². The minimum atomic E-state index is -0.431. The summed E-state index contributed by atoms with van der Waals surface area (Å²) in [6, 6.07) is 12.0. The number of nitrogens with one attached hydrogen (secondary N) is 3. The van der Waals surface area contributed by atoms with Crippen molar-refractivity contribution in [2.24, 2.45) is 0 Å². The number of halogens is 1. The molecule has 0 bridgehead atoms. The molecule has 0 aliphatic heterocycles. The fourth-order valence-corrected chi connectivity index (χ4v) is 2.87. The van der Waals surface area contributed by atoms with Gasteiger partial charge in [-0.2, -0.15) is 0 Å². The van der Waals surface area contributed by atoms with E-state index in [4.69, 9.17) is 33.3 Å². The second kappa shape index (κ2) is 12.0. The fourth-order valence-electron chi connectivity index (χ4n) is 2.45. The number of benzene rings is 2. The van der Waals surface area contributed by atoms with Crippen molar-refractivity contribution in [1.82, 2.24) is 5.32 Å². The highest BCUT2D eigenvalue weighted by Gasteiger charge is 2.11. The predicted molar refractivity (Wildman–Crippen MR) is 122 cm³/mol. The topological polar surface area (TPSA) is 88.7 Å². The Morgan fingerprint density at radius 1 is 1.07 bits per heavy atom. The van der Waals surface area contributed by atoms with Gasteiger partial charge in [0.2, 0.25) is 5.91 Å². The van der Waals surface area contributed by atoms with E-state index in [1.807, 2.05) is 6.92 Å². The lowest BCUT2D eigenvalue weighted by Gasteiger charge is -2.14. The zero-order chi connectivity index (χ0) is 21.9. The number of para-hydroxylation sites is 1. The number of rotatable bonds is 9. The first-order valence-corrected chi connectivity index (χ1v) is 10.2. The predicted octanol–water partition coefficient (Wildman–Crippen LogP) is 4.37. The van der Waals surface area contributed by atoms with E-state index in [1.54, 1.807) is 42.5 Å². The monoisotopic (exact) mass is 449 g/mol. The van der Waals surface area contributed by atoms with Crippen molar-refractivity contribution in [3.63, 3.8) is 0 Å². The standard InChI is InChI=1S/C21H24ClN3O4S/c1-3-4-9-19(26)24-16-11-10-14(12-18(16)28-2)23-21(30)25-20(27)13-29-17-8-6-5-7-15(17)22/h5-8,10-12H,3-4,9,13H2,1-2H3,(H,24,26)(H2,23,25,27,30). The maximum Gasteiger partial charge on any atom is 0.264 e. The van der Waals surface area contributed by atoms with Crippen LogP contribution in [0.1, 0.15) is 26.2 Å². The number of ether oxygens (including phenoxy) is 2. The Bertz CT molecular complexity index is 908. The number of carbonyl (C=O) groups excluding carboxylic acids is 2. The molecule has 2 aromatic carbocycles. The van der Waals surface area contributed by atoms with Gasteiger partial charge in [0.1, 0.15) is 11.5 Å². The lowest BCUT2D eigenvalue weighted by molar-refractivity contribution is -0.121. The zero-order valence-electron chi connectivity index (χ0n) is 16.8. The van der Waals surface area contributed by atoms with Gasteiger partial charge in [0.25, 0.3) is 5.91 Å². The molecule has 3 N–H and O–H groups in total. The summed E-state index contributed by atoms with van der Waals surface area (Å²) in [4.78, 5) is 24.0. The first-order chi connectivity index (χ1) is 14.4. The largest absolute Gasteiger partial charge is 0.494 e. The molecular weight excluding hydrogens is 426 g/mol. The average molecular weight is 450 g/mol. The Labute approximate surface area is 186 Å². The van der Waals surface area contributed by atoms with Gasteiger partial charge in [0.15, 0.2) is 11.7 Å². The van der Waals surface area contributed by atoms with Crippen molar-refractivity contribution < 1.29 is 19.1 Å². The molecule has 9 heteroatoms. The molecule has 2 rings (SSSR count). The highest BCUT2D eigenvalue weighted by Crippen LogP contribution is 2.28. The van der Waals surface area contributed by atoms with Crippen molar-refractivity contribution in [1.29, 1.82) is 0 Å². The van der Waals surface area contributed by atoms with E-state index < -0.39 is 5.91 Å². The lowest BCUT2D eigenvalue weighted by Crippen LogP contribution is -2.37. The van der Waals surface area contributed by atoms with Crippen LogP contribution in [-0.4, -0.2) is 30.6 Å². The Kier molecular flexibility index (Phi) is 9.37. The molecule has 7 nitrogen and oxygen atoms in total. The van der Waals surface area contributed by atoms with E-state index in [1.165, 1.54) is 7.11 Å². The summed E-state index contributed by atoms with van der Waals surface area (Å²) < 4.78 is 10.7. The van der Waals surface area contributed by atoms with Crippen molar-refractivity contribution in [2.75, 3.05) is 24.4 Å². The van der Waals surface area contributed by atoms with Gasteiger partial charge in [-0.05, 0) is 42.9 Å². The van der Waals surface area contributed by atoms with Crippen LogP contribution in [0.3, 0.4) is 0 Å². The summed E-state index contributed by atoms with van der Waals surface area (Å²) in [5.74, 6) is 0.381. The van der Waals surface area contributed by atoms with Crippen LogP contribution in [0.25, 0.3) is 0 Å². The number of carbonyl (C=O) groups is 2. The van der Waals surface area contributed by atoms with Crippen LogP contribution in [0.4, 0.5) is 11.4 Å². The molecule has 0 atom stereocenters.